The van der Waals surface area contributed by atoms with Gasteiger partial charge in [-0.15, -0.1) is 11.6 Å². The van der Waals surface area contributed by atoms with E-state index in [0.29, 0.717) is 6.10 Å². The summed E-state index contributed by atoms with van der Waals surface area (Å²) in [6.07, 6.45) is 9.34. The third-order valence-corrected chi connectivity index (χ3v) is 3.78. The van der Waals surface area contributed by atoms with E-state index in [1.165, 1.54) is 38.5 Å². The van der Waals surface area contributed by atoms with Crippen molar-refractivity contribution in [2.45, 2.75) is 64.9 Å². The Labute approximate surface area is 106 Å². The molecule has 0 amide bonds. The van der Waals surface area contributed by atoms with Gasteiger partial charge >= 0.3 is 0 Å². The van der Waals surface area contributed by atoms with Gasteiger partial charge in [-0.1, -0.05) is 26.7 Å². The van der Waals surface area contributed by atoms with Gasteiger partial charge in [0.05, 0.1) is 6.10 Å². The van der Waals surface area contributed by atoms with E-state index in [1.807, 2.05) is 0 Å². The highest BCUT2D eigenvalue weighted by Gasteiger charge is 2.23. The van der Waals surface area contributed by atoms with Crippen LogP contribution < -0.4 is 0 Å². The first-order chi connectivity index (χ1) is 7.72. The standard InChI is InChI=1S/C14H27ClO/c1-12-9-13(2)11-14(10-12)16-8-6-4-3-5-7-15/h12-14H,3-11H2,1-2H3. The van der Waals surface area contributed by atoms with Gasteiger partial charge in [0.15, 0.2) is 0 Å². The Kier molecular flexibility index (Phi) is 7.47. The van der Waals surface area contributed by atoms with Crippen molar-refractivity contribution in [2.75, 3.05) is 12.5 Å². The van der Waals surface area contributed by atoms with Gasteiger partial charge in [-0.3, -0.25) is 0 Å². The molecule has 2 atom stereocenters. The molecule has 0 N–H and O–H groups in total. The van der Waals surface area contributed by atoms with E-state index in [0.717, 1.165) is 30.7 Å². The molecular formula is C14H27ClO. The second kappa shape index (κ2) is 8.36. The molecule has 0 spiro atoms. The van der Waals surface area contributed by atoms with Crippen LogP contribution in [-0.2, 0) is 4.74 Å². The van der Waals surface area contributed by atoms with Gasteiger partial charge in [-0.2, -0.15) is 0 Å². The van der Waals surface area contributed by atoms with Gasteiger partial charge in [0.25, 0.3) is 0 Å². The molecule has 2 heteroatoms. The molecule has 16 heavy (non-hydrogen) atoms. The predicted octanol–water partition coefficient (Wildman–Crippen LogP) is 4.63. The predicted molar refractivity (Wildman–Crippen MR) is 71.1 cm³/mol. The normalized spacial score (nSPS) is 30.6. The van der Waals surface area contributed by atoms with Crippen LogP contribution in [0.15, 0.2) is 0 Å². The Morgan fingerprint density at radius 1 is 0.938 bits per heavy atom. The van der Waals surface area contributed by atoms with Crippen LogP contribution in [0.5, 0.6) is 0 Å². The summed E-state index contributed by atoms with van der Waals surface area (Å²) >= 11 is 5.64. The zero-order chi connectivity index (χ0) is 11.8. The summed E-state index contributed by atoms with van der Waals surface area (Å²) in [4.78, 5) is 0. The SMILES string of the molecule is CC1CC(C)CC(OCCCCCCCl)C1. The number of rotatable bonds is 7. The minimum absolute atomic E-state index is 0.534. The smallest absolute Gasteiger partial charge is 0.0580 e. The monoisotopic (exact) mass is 246 g/mol. The van der Waals surface area contributed by atoms with E-state index in [1.54, 1.807) is 0 Å². The van der Waals surface area contributed by atoms with E-state index >= 15 is 0 Å². The molecular weight excluding hydrogens is 220 g/mol. The van der Waals surface area contributed by atoms with Crippen LogP contribution in [0.3, 0.4) is 0 Å². The lowest BCUT2D eigenvalue weighted by Crippen LogP contribution is -2.26. The van der Waals surface area contributed by atoms with Crippen LogP contribution in [-0.4, -0.2) is 18.6 Å². The van der Waals surface area contributed by atoms with Crippen LogP contribution >= 0.6 is 11.6 Å². The Morgan fingerprint density at radius 3 is 2.19 bits per heavy atom. The van der Waals surface area contributed by atoms with E-state index in [-0.39, 0.29) is 0 Å². The number of hydrogen-bond acceptors (Lipinski definition) is 1. The van der Waals surface area contributed by atoms with Gasteiger partial charge < -0.3 is 4.74 Å². The molecule has 0 bridgehead atoms. The lowest BCUT2D eigenvalue weighted by Gasteiger charge is -2.31. The van der Waals surface area contributed by atoms with Crippen molar-refractivity contribution in [1.29, 1.82) is 0 Å². The van der Waals surface area contributed by atoms with Gasteiger partial charge in [-0.25, -0.2) is 0 Å². The highest BCUT2D eigenvalue weighted by molar-refractivity contribution is 6.17. The molecule has 1 aliphatic rings. The molecule has 0 aromatic rings. The Hall–Kier alpha value is 0.250. The highest BCUT2D eigenvalue weighted by atomic mass is 35.5. The fourth-order valence-electron chi connectivity index (χ4n) is 2.81. The van der Waals surface area contributed by atoms with Crippen molar-refractivity contribution in [3.05, 3.63) is 0 Å². The summed E-state index contributed by atoms with van der Waals surface area (Å²) in [5.74, 6) is 2.51. The summed E-state index contributed by atoms with van der Waals surface area (Å²) in [5.41, 5.74) is 0. The Morgan fingerprint density at radius 2 is 1.56 bits per heavy atom. The highest BCUT2D eigenvalue weighted by Crippen LogP contribution is 2.30. The second-order valence-corrected chi connectivity index (χ2v) is 5.89. The first-order valence-corrected chi connectivity index (χ1v) is 7.43. The third kappa shape index (κ3) is 6.10. The van der Waals surface area contributed by atoms with E-state index in [2.05, 4.69) is 13.8 Å². The van der Waals surface area contributed by atoms with Crippen molar-refractivity contribution in [1.82, 2.24) is 0 Å². The zero-order valence-corrected chi connectivity index (χ0v) is 11.6. The van der Waals surface area contributed by atoms with Crippen molar-refractivity contribution >= 4 is 11.6 Å². The minimum atomic E-state index is 0.534. The van der Waals surface area contributed by atoms with E-state index in [9.17, 15) is 0 Å². The van der Waals surface area contributed by atoms with Crippen molar-refractivity contribution in [3.8, 4) is 0 Å². The van der Waals surface area contributed by atoms with Crippen LogP contribution in [0.1, 0.15) is 58.8 Å². The molecule has 0 aliphatic heterocycles. The summed E-state index contributed by atoms with van der Waals surface area (Å²) in [5, 5.41) is 0. The Bertz CT molecular complexity index is 162. The number of unbranched alkanes of at least 4 members (excludes halogenated alkanes) is 3. The van der Waals surface area contributed by atoms with Gasteiger partial charge in [-0.05, 0) is 43.9 Å². The maximum absolute atomic E-state index is 5.97. The van der Waals surface area contributed by atoms with Crippen LogP contribution in [0.2, 0.25) is 0 Å². The van der Waals surface area contributed by atoms with Crippen molar-refractivity contribution in [3.63, 3.8) is 0 Å². The molecule has 1 aliphatic carbocycles. The maximum Gasteiger partial charge on any atom is 0.0580 e. The lowest BCUT2D eigenvalue weighted by atomic mass is 9.82. The molecule has 2 unspecified atom stereocenters. The molecule has 1 rings (SSSR count). The third-order valence-electron chi connectivity index (χ3n) is 3.52. The first kappa shape index (κ1) is 14.3. The van der Waals surface area contributed by atoms with Gasteiger partial charge in [0.1, 0.15) is 0 Å². The molecule has 0 aromatic heterocycles. The summed E-state index contributed by atoms with van der Waals surface area (Å²) < 4.78 is 5.97. The van der Waals surface area contributed by atoms with Gasteiger partial charge in [0.2, 0.25) is 0 Å². The maximum atomic E-state index is 5.97. The average molecular weight is 247 g/mol. The molecule has 1 fully saturated rings. The summed E-state index contributed by atoms with van der Waals surface area (Å²) in [6, 6.07) is 0. The van der Waals surface area contributed by atoms with Gasteiger partial charge in [0, 0.05) is 12.5 Å². The fraction of sp³-hybridized carbons (Fsp3) is 1.00. The largest absolute Gasteiger partial charge is 0.378 e. The summed E-state index contributed by atoms with van der Waals surface area (Å²) in [6.45, 7) is 5.66. The summed E-state index contributed by atoms with van der Waals surface area (Å²) in [7, 11) is 0. The average Bonchev–Trinajstić information content (AvgIpc) is 2.22. The minimum Gasteiger partial charge on any atom is -0.378 e. The molecule has 0 aromatic carbocycles. The number of ether oxygens (including phenoxy) is 1. The first-order valence-electron chi connectivity index (χ1n) is 6.90. The van der Waals surface area contributed by atoms with E-state index in [4.69, 9.17) is 16.3 Å². The number of halogens is 1. The molecule has 1 nitrogen and oxygen atoms in total. The molecule has 0 heterocycles. The quantitative estimate of drug-likeness (QED) is 0.470. The van der Waals surface area contributed by atoms with Crippen LogP contribution in [0.4, 0.5) is 0 Å². The molecule has 1 saturated carbocycles. The van der Waals surface area contributed by atoms with E-state index < -0.39 is 0 Å². The van der Waals surface area contributed by atoms with Crippen molar-refractivity contribution < 1.29 is 4.74 Å². The lowest BCUT2D eigenvalue weighted by molar-refractivity contribution is -0.000593. The van der Waals surface area contributed by atoms with Crippen LogP contribution in [0, 0.1) is 11.8 Å². The molecule has 0 radical (unpaired) electrons. The topological polar surface area (TPSA) is 9.23 Å². The number of hydrogen-bond donors (Lipinski definition) is 0. The Balaban J connectivity index is 1.99. The molecule has 0 saturated heterocycles. The zero-order valence-electron chi connectivity index (χ0n) is 10.9. The van der Waals surface area contributed by atoms with Crippen molar-refractivity contribution in [2.24, 2.45) is 11.8 Å². The fourth-order valence-corrected chi connectivity index (χ4v) is 3.00. The second-order valence-electron chi connectivity index (χ2n) is 5.51. The number of alkyl halides is 1. The van der Waals surface area contributed by atoms with Crippen LogP contribution in [0.25, 0.3) is 0 Å². The molecule has 96 valence electrons.